The molecular weight excluding hydrogens is 416 g/mol. The number of benzene rings is 3. The van der Waals surface area contributed by atoms with Gasteiger partial charge in [0.2, 0.25) is 0 Å². The van der Waals surface area contributed by atoms with Gasteiger partial charge in [0.15, 0.2) is 0 Å². The molecule has 0 bridgehead atoms. The maximum Gasteiger partial charge on any atom is 0.129 e. The maximum absolute atomic E-state index is 11.0. The van der Waals surface area contributed by atoms with Crippen molar-refractivity contribution >= 4 is 54.3 Å². The number of aliphatic hydroxyl groups excluding tert-OH is 1. The molecule has 0 spiro atoms. The quantitative estimate of drug-likeness (QED) is 0.585. The number of halogens is 2. The molecule has 23 heavy (non-hydrogen) atoms. The molecule has 1 aliphatic rings. The zero-order valence-electron chi connectivity index (χ0n) is 12.2. The number of hydrogen-bond acceptors (Lipinski definition) is 1. The van der Waals surface area contributed by atoms with Gasteiger partial charge in [0.1, 0.15) is 9.34 Å². The highest BCUT2D eigenvalue weighted by Gasteiger charge is 2.36. The van der Waals surface area contributed by atoms with Gasteiger partial charge < -0.3 is 5.11 Å². The highest BCUT2D eigenvalue weighted by Crippen LogP contribution is 2.40. The van der Waals surface area contributed by atoms with Gasteiger partial charge in [-0.1, -0.05) is 98.6 Å². The number of rotatable bonds is 1. The van der Waals surface area contributed by atoms with Gasteiger partial charge in [-0.25, -0.2) is 0 Å². The Balaban J connectivity index is 2.17. The summed E-state index contributed by atoms with van der Waals surface area (Å²) in [7, 11) is 0. The smallest absolute Gasteiger partial charge is 0.129 e. The van der Waals surface area contributed by atoms with Crippen LogP contribution in [0.2, 0.25) is 0 Å². The van der Waals surface area contributed by atoms with E-state index in [1.54, 1.807) is 0 Å². The van der Waals surface area contributed by atoms with E-state index in [4.69, 9.17) is 0 Å². The summed E-state index contributed by atoms with van der Waals surface area (Å²) >= 11 is 7.24. The lowest BCUT2D eigenvalue weighted by atomic mass is 9.88. The molecule has 114 valence electrons. The van der Waals surface area contributed by atoms with Gasteiger partial charge in [0.25, 0.3) is 0 Å². The van der Waals surface area contributed by atoms with Crippen molar-refractivity contribution in [2.45, 2.75) is 9.34 Å². The van der Waals surface area contributed by atoms with Crippen molar-refractivity contribution < 1.29 is 5.11 Å². The summed E-state index contributed by atoms with van der Waals surface area (Å²) in [4.78, 5) is 0. The minimum Gasteiger partial charge on any atom is -0.386 e. The molecule has 3 aromatic rings. The van der Waals surface area contributed by atoms with Crippen LogP contribution in [0.3, 0.4) is 0 Å². The predicted octanol–water partition coefficient (Wildman–Crippen LogP) is 3.68. The van der Waals surface area contributed by atoms with E-state index in [0.29, 0.717) is 0 Å². The van der Waals surface area contributed by atoms with Gasteiger partial charge in [-0.3, -0.25) is 0 Å². The van der Waals surface area contributed by atoms with Crippen molar-refractivity contribution in [1.82, 2.24) is 0 Å². The van der Waals surface area contributed by atoms with Crippen molar-refractivity contribution in [3.63, 3.8) is 0 Å². The van der Waals surface area contributed by atoms with Crippen molar-refractivity contribution in [2.24, 2.45) is 0 Å². The molecule has 4 rings (SSSR count). The molecule has 0 radical (unpaired) electrons. The average Bonchev–Trinajstić information content (AvgIpc) is 2.56. The minimum atomic E-state index is -0.691. The van der Waals surface area contributed by atoms with Crippen LogP contribution in [-0.4, -0.2) is 14.4 Å². The fraction of sp³-hybridized carbons (Fsp3) is 0.100. The van der Waals surface area contributed by atoms with Crippen molar-refractivity contribution in [3.05, 3.63) is 82.7 Å². The number of alkyl halides is 2. The van der Waals surface area contributed by atoms with E-state index >= 15 is 0 Å². The van der Waals surface area contributed by atoms with Gasteiger partial charge in [0, 0.05) is 0 Å². The lowest BCUT2D eigenvalue weighted by molar-refractivity contribution is 0.238. The summed E-state index contributed by atoms with van der Waals surface area (Å²) < 4.78 is -0.666. The van der Waals surface area contributed by atoms with Crippen LogP contribution < -0.4 is 10.4 Å². The van der Waals surface area contributed by atoms with Crippen LogP contribution in [0.4, 0.5) is 0 Å². The molecular formula is C20H14Br2O. The van der Waals surface area contributed by atoms with E-state index in [9.17, 15) is 5.11 Å². The summed E-state index contributed by atoms with van der Waals surface area (Å²) in [6.45, 7) is 0. The van der Waals surface area contributed by atoms with Crippen LogP contribution in [0, 0.1) is 0 Å². The number of fused-ring (bicyclic) bond motifs is 2. The van der Waals surface area contributed by atoms with Crippen molar-refractivity contribution in [2.75, 3.05) is 0 Å². The van der Waals surface area contributed by atoms with Crippen LogP contribution in [0.1, 0.15) is 5.56 Å². The normalized spacial score (nSPS) is 19.3. The van der Waals surface area contributed by atoms with Crippen LogP contribution in [-0.2, 0) is 0 Å². The molecule has 0 aromatic heterocycles. The number of aliphatic hydroxyl groups is 1. The molecule has 3 heteroatoms. The lowest BCUT2D eigenvalue weighted by Crippen LogP contribution is -2.44. The Morgan fingerprint density at radius 3 is 2.39 bits per heavy atom. The van der Waals surface area contributed by atoms with Crippen LogP contribution >= 0.6 is 31.9 Å². The van der Waals surface area contributed by atoms with E-state index in [2.05, 4.69) is 68.3 Å². The molecule has 0 aliphatic heterocycles. The molecule has 0 saturated carbocycles. The first-order chi connectivity index (χ1) is 11.1. The van der Waals surface area contributed by atoms with Gasteiger partial charge in [-0.15, -0.1) is 0 Å². The van der Waals surface area contributed by atoms with Crippen LogP contribution in [0.25, 0.3) is 22.4 Å². The van der Waals surface area contributed by atoms with Gasteiger partial charge in [0.05, 0.1) is 0 Å². The van der Waals surface area contributed by atoms with E-state index in [1.165, 1.54) is 5.39 Å². The first kappa shape index (κ1) is 15.1. The second-order valence-electron chi connectivity index (χ2n) is 5.75. The summed E-state index contributed by atoms with van der Waals surface area (Å²) in [6.07, 6.45) is 1.32. The standard InChI is InChI=1S/C20H14Br2O/c21-20(22)12-14-7-2-4-10-16(14)18(19(20)23)17-11-5-8-13-6-1-3-9-15(13)17/h1-12,19,23H/t19-/m1/s1. The molecule has 0 heterocycles. The Morgan fingerprint density at radius 1 is 0.826 bits per heavy atom. The first-order valence-corrected chi connectivity index (χ1v) is 9.03. The monoisotopic (exact) mass is 428 g/mol. The summed E-state index contributed by atoms with van der Waals surface area (Å²) in [5.74, 6) is 0. The second kappa shape index (κ2) is 5.59. The topological polar surface area (TPSA) is 20.2 Å². The third-order valence-electron chi connectivity index (χ3n) is 4.32. The Morgan fingerprint density at radius 2 is 1.52 bits per heavy atom. The molecule has 1 N–H and O–H groups in total. The van der Waals surface area contributed by atoms with Gasteiger partial charge in [-0.2, -0.15) is 0 Å². The third kappa shape index (κ3) is 2.47. The Kier molecular flexibility index (Phi) is 3.67. The van der Waals surface area contributed by atoms with E-state index < -0.39 is 9.34 Å². The molecule has 0 unspecified atom stereocenters. The predicted molar refractivity (Wildman–Crippen MR) is 103 cm³/mol. The fourth-order valence-corrected chi connectivity index (χ4v) is 4.20. The SMILES string of the molecule is O[C@@H]1C(c2cccc3ccccc23)=c2ccccc2=CC1(Br)Br. The van der Waals surface area contributed by atoms with Gasteiger partial charge >= 0.3 is 0 Å². The number of hydrogen-bond donors (Lipinski definition) is 1. The Hall–Kier alpha value is -1.42. The molecule has 1 aliphatic carbocycles. The third-order valence-corrected chi connectivity index (χ3v) is 5.64. The molecule has 0 fully saturated rings. The summed E-state index contributed by atoms with van der Waals surface area (Å²) in [5.41, 5.74) is 2.01. The van der Waals surface area contributed by atoms with Crippen molar-refractivity contribution in [3.8, 4) is 0 Å². The van der Waals surface area contributed by atoms with Gasteiger partial charge in [-0.05, 0) is 38.4 Å². The largest absolute Gasteiger partial charge is 0.386 e. The fourth-order valence-electron chi connectivity index (χ4n) is 3.25. The van der Waals surface area contributed by atoms with Crippen molar-refractivity contribution in [1.29, 1.82) is 0 Å². The second-order valence-corrected chi connectivity index (χ2v) is 9.44. The summed E-state index contributed by atoms with van der Waals surface area (Å²) in [6, 6.07) is 22.7. The van der Waals surface area contributed by atoms with E-state index in [-0.39, 0.29) is 0 Å². The highest BCUT2D eigenvalue weighted by atomic mass is 79.9. The lowest BCUT2D eigenvalue weighted by Gasteiger charge is -2.30. The highest BCUT2D eigenvalue weighted by molar-refractivity contribution is 9.25. The molecule has 3 aromatic carbocycles. The Bertz CT molecular complexity index is 1020. The zero-order chi connectivity index (χ0) is 16.0. The molecule has 0 amide bonds. The van der Waals surface area contributed by atoms with Crippen LogP contribution in [0.15, 0.2) is 66.7 Å². The zero-order valence-corrected chi connectivity index (χ0v) is 15.4. The van der Waals surface area contributed by atoms with E-state index in [1.807, 2.05) is 36.4 Å². The molecule has 0 saturated heterocycles. The maximum atomic E-state index is 11.0. The summed E-state index contributed by atoms with van der Waals surface area (Å²) in [5, 5.41) is 15.5. The molecule has 1 nitrogen and oxygen atoms in total. The Labute approximate surface area is 151 Å². The van der Waals surface area contributed by atoms with E-state index in [0.717, 1.165) is 27.0 Å². The molecule has 1 atom stereocenters. The first-order valence-electron chi connectivity index (χ1n) is 7.44. The average molecular weight is 430 g/mol. The van der Waals surface area contributed by atoms with Crippen LogP contribution in [0.5, 0.6) is 0 Å². The minimum absolute atomic E-state index is 0.666.